The van der Waals surface area contributed by atoms with Gasteiger partial charge in [0.15, 0.2) is 12.4 Å². The smallest absolute Gasteiger partial charge is 0.310 e. The van der Waals surface area contributed by atoms with Gasteiger partial charge in [0.25, 0.3) is 0 Å². The van der Waals surface area contributed by atoms with E-state index in [1.54, 1.807) is 24.3 Å². The quantitative estimate of drug-likeness (QED) is 0.603. The summed E-state index contributed by atoms with van der Waals surface area (Å²) < 4.78 is 10.1. The fraction of sp³-hybridized carbons (Fsp3) is 0.500. The third-order valence-electron chi connectivity index (χ3n) is 5.17. The van der Waals surface area contributed by atoms with Gasteiger partial charge in [-0.3, -0.25) is 14.4 Å². The lowest BCUT2D eigenvalue weighted by molar-refractivity contribution is -0.161. The van der Waals surface area contributed by atoms with E-state index in [0.29, 0.717) is 10.6 Å². The van der Waals surface area contributed by atoms with Gasteiger partial charge in [0.1, 0.15) is 0 Å². The standard InChI is InChI=1S/C18H19ClO5/c1-23-17(21)15-11-2-3-12(8-11)16(15)18(22)24-9-14(20)10-4-6-13(19)7-5-10/h4-7,11-12,15-16H,2-3,8-9H2,1H3/t11-,12+,15+,16+/m0/s1. The third kappa shape index (κ3) is 3.18. The summed E-state index contributed by atoms with van der Waals surface area (Å²) in [5.74, 6) is -1.71. The Morgan fingerprint density at radius 3 is 2.21 bits per heavy atom. The second kappa shape index (κ2) is 6.93. The molecule has 0 saturated heterocycles. The summed E-state index contributed by atoms with van der Waals surface area (Å²) in [7, 11) is 1.33. The summed E-state index contributed by atoms with van der Waals surface area (Å²) in [5.41, 5.74) is 0.435. The van der Waals surface area contributed by atoms with Gasteiger partial charge in [-0.25, -0.2) is 0 Å². The maximum absolute atomic E-state index is 12.5. The van der Waals surface area contributed by atoms with E-state index in [-0.39, 0.29) is 30.2 Å². The molecular formula is C18H19ClO5. The van der Waals surface area contributed by atoms with Crippen LogP contribution in [-0.2, 0) is 19.1 Å². The van der Waals surface area contributed by atoms with Crippen molar-refractivity contribution in [2.24, 2.45) is 23.7 Å². The van der Waals surface area contributed by atoms with Crippen LogP contribution in [0.4, 0.5) is 0 Å². The first-order valence-electron chi connectivity index (χ1n) is 8.04. The van der Waals surface area contributed by atoms with Crippen molar-refractivity contribution in [3.63, 3.8) is 0 Å². The van der Waals surface area contributed by atoms with Crippen molar-refractivity contribution in [2.45, 2.75) is 19.3 Å². The van der Waals surface area contributed by atoms with Crippen molar-refractivity contribution in [3.8, 4) is 0 Å². The fourth-order valence-corrected chi connectivity index (χ4v) is 4.18. The fourth-order valence-electron chi connectivity index (χ4n) is 4.06. The van der Waals surface area contributed by atoms with Gasteiger partial charge < -0.3 is 9.47 Å². The number of esters is 2. The minimum absolute atomic E-state index is 0.150. The molecule has 0 spiro atoms. The lowest BCUT2D eigenvalue weighted by Gasteiger charge is -2.27. The van der Waals surface area contributed by atoms with E-state index in [1.807, 2.05) is 0 Å². The highest BCUT2D eigenvalue weighted by atomic mass is 35.5. The van der Waals surface area contributed by atoms with Crippen LogP contribution in [-0.4, -0.2) is 31.4 Å². The number of methoxy groups -OCH3 is 1. The molecule has 3 rings (SSSR count). The summed E-state index contributed by atoms with van der Waals surface area (Å²) in [6, 6.07) is 6.40. The van der Waals surface area contributed by atoms with Crippen molar-refractivity contribution in [1.29, 1.82) is 0 Å². The number of benzene rings is 1. The molecule has 2 fully saturated rings. The predicted molar refractivity (Wildman–Crippen MR) is 86.6 cm³/mol. The number of carbonyl (C=O) groups excluding carboxylic acids is 3. The lowest BCUT2D eigenvalue weighted by Crippen LogP contribution is -2.37. The third-order valence-corrected chi connectivity index (χ3v) is 5.43. The van der Waals surface area contributed by atoms with E-state index in [1.165, 1.54) is 7.11 Å². The van der Waals surface area contributed by atoms with Gasteiger partial charge in [-0.15, -0.1) is 0 Å². The van der Waals surface area contributed by atoms with Crippen LogP contribution in [0.25, 0.3) is 0 Å². The van der Waals surface area contributed by atoms with Gasteiger partial charge in [0.05, 0.1) is 18.9 Å². The van der Waals surface area contributed by atoms with Crippen molar-refractivity contribution >= 4 is 29.3 Å². The number of hydrogen-bond donors (Lipinski definition) is 0. The molecule has 128 valence electrons. The highest BCUT2D eigenvalue weighted by Crippen LogP contribution is 2.53. The van der Waals surface area contributed by atoms with Crippen molar-refractivity contribution in [1.82, 2.24) is 0 Å². The molecule has 0 radical (unpaired) electrons. The molecular weight excluding hydrogens is 332 g/mol. The topological polar surface area (TPSA) is 69.7 Å². The molecule has 0 unspecified atom stereocenters. The number of fused-ring (bicyclic) bond motifs is 2. The Kier molecular flexibility index (Phi) is 4.90. The van der Waals surface area contributed by atoms with Crippen LogP contribution >= 0.6 is 11.6 Å². The minimum atomic E-state index is -0.491. The molecule has 0 aliphatic heterocycles. The molecule has 2 aliphatic carbocycles. The molecule has 0 heterocycles. The lowest BCUT2D eigenvalue weighted by atomic mass is 9.79. The number of rotatable bonds is 5. The first-order chi connectivity index (χ1) is 11.5. The van der Waals surface area contributed by atoms with E-state index in [9.17, 15) is 14.4 Å². The van der Waals surface area contributed by atoms with E-state index in [2.05, 4.69) is 0 Å². The Hall–Kier alpha value is -1.88. The molecule has 2 aliphatic rings. The second-order valence-corrected chi connectivity index (χ2v) is 6.88. The molecule has 1 aromatic rings. The van der Waals surface area contributed by atoms with Gasteiger partial charge in [-0.2, -0.15) is 0 Å². The highest BCUT2D eigenvalue weighted by Gasteiger charge is 2.55. The van der Waals surface area contributed by atoms with Crippen molar-refractivity contribution in [2.75, 3.05) is 13.7 Å². The Bertz CT molecular complexity index is 654. The SMILES string of the molecule is COC(=O)[C@@H]1[C@H]2CC[C@H](C2)[C@H]1C(=O)OCC(=O)c1ccc(Cl)cc1. The minimum Gasteiger partial charge on any atom is -0.469 e. The van der Waals surface area contributed by atoms with Crippen molar-refractivity contribution in [3.05, 3.63) is 34.9 Å². The largest absolute Gasteiger partial charge is 0.469 e. The maximum atomic E-state index is 12.5. The van der Waals surface area contributed by atoms with Gasteiger partial charge in [-0.05, 0) is 55.4 Å². The molecule has 0 amide bonds. The molecule has 6 heteroatoms. The van der Waals surface area contributed by atoms with E-state index in [4.69, 9.17) is 21.1 Å². The van der Waals surface area contributed by atoms with E-state index >= 15 is 0 Å². The number of carbonyl (C=O) groups is 3. The van der Waals surface area contributed by atoms with Crippen LogP contribution in [0, 0.1) is 23.7 Å². The first-order valence-corrected chi connectivity index (χ1v) is 8.42. The Morgan fingerprint density at radius 2 is 1.62 bits per heavy atom. The monoisotopic (exact) mass is 350 g/mol. The Labute approximate surface area is 145 Å². The zero-order valence-corrected chi connectivity index (χ0v) is 14.1. The first kappa shape index (κ1) is 17.0. The summed E-state index contributed by atoms with van der Waals surface area (Å²) in [6.07, 6.45) is 2.71. The molecule has 24 heavy (non-hydrogen) atoms. The number of hydrogen-bond acceptors (Lipinski definition) is 5. The van der Waals surface area contributed by atoms with Crippen LogP contribution < -0.4 is 0 Å². The van der Waals surface area contributed by atoms with Gasteiger partial charge in [0.2, 0.25) is 0 Å². The summed E-state index contributed by atoms with van der Waals surface area (Å²) in [5, 5.41) is 0.534. The zero-order chi connectivity index (χ0) is 17.3. The predicted octanol–water partition coefficient (Wildman–Crippen LogP) is 2.90. The molecule has 1 aromatic carbocycles. The Morgan fingerprint density at radius 1 is 1.04 bits per heavy atom. The number of ketones is 1. The van der Waals surface area contributed by atoms with Crippen molar-refractivity contribution < 1.29 is 23.9 Å². The second-order valence-electron chi connectivity index (χ2n) is 6.45. The summed E-state index contributed by atoms with van der Waals surface area (Å²) in [4.78, 5) is 36.5. The summed E-state index contributed by atoms with van der Waals surface area (Å²) in [6.45, 7) is -0.331. The number of halogens is 1. The molecule has 0 N–H and O–H groups in total. The van der Waals surface area contributed by atoms with Gasteiger partial charge in [0, 0.05) is 10.6 Å². The molecule has 5 nitrogen and oxygen atoms in total. The number of ether oxygens (including phenoxy) is 2. The van der Waals surface area contributed by atoms with Crippen LogP contribution in [0.15, 0.2) is 24.3 Å². The highest BCUT2D eigenvalue weighted by molar-refractivity contribution is 6.30. The maximum Gasteiger partial charge on any atom is 0.310 e. The van der Waals surface area contributed by atoms with E-state index in [0.717, 1.165) is 19.3 Å². The van der Waals surface area contributed by atoms with Gasteiger partial charge >= 0.3 is 11.9 Å². The molecule has 0 aromatic heterocycles. The van der Waals surface area contributed by atoms with Gasteiger partial charge in [-0.1, -0.05) is 11.6 Å². The average Bonchev–Trinajstić information content (AvgIpc) is 3.20. The van der Waals surface area contributed by atoms with Crippen LogP contribution in [0.2, 0.25) is 5.02 Å². The molecule has 4 atom stereocenters. The molecule has 2 saturated carbocycles. The molecule has 2 bridgehead atoms. The normalized spacial score (nSPS) is 27.8. The number of Topliss-reactive ketones (excluding diaryl/α,β-unsaturated/α-hetero) is 1. The Balaban J connectivity index is 1.63. The van der Waals surface area contributed by atoms with E-state index < -0.39 is 17.8 Å². The average molecular weight is 351 g/mol. The van der Waals surface area contributed by atoms with Crippen LogP contribution in [0.1, 0.15) is 29.6 Å². The zero-order valence-electron chi connectivity index (χ0n) is 13.4. The van der Waals surface area contributed by atoms with Crippen LogP contribution in [0.5, 0.6) is 0 Å². The summed E-state index contributed by atoms with van der Waals surface area (Å²) >= 11 is 5.79. The van der Waals surface area contributed by atoms with Crippen LogP contribution in [0.3, 0.4) is 0 Å².